The van der Waals surface area contributed by atoms with Gasteiger partial charge in [-0.05, 0) is 31.2 Å². The first-order valence-corrected chi connectivity index (χ1v) is 8.17. The second kappa shape index (κ2) is 6.88. The van der Waals surface area contributed by atoms with Crippen LogP contribution in [0.5, 0.6) is 0 Å². The highest BCUT2D eigenvalue weighted by atomic mass is 79.9. The molecule has 122 valence electrons. The lowest BCUT2D eigenvalue weighted by Gasteiger charge is -2.02. The fourth-order valence-corrected chi connectivity index (χ4v) is 2.41. The van der Waals surface area contributed by atoms with Crippen molar-refractivity contribution < 1.29 is 9.21 Å². The number of nitrogens with one attached hydrogen (secondary N) is 1. The second-order valence-corrected chi connectivity index (χ2v) is 6.40. The van der Waals surface area contributed by atoms with Gasteiger partial charge >= 0.3 is 0 Å². The number of amides is 1. The minimum atomic E-state index is -0.234. The van der Waals surface area contributed by atoms with Crippen LogP contribution in [0, 0.1) is 6.92 Å². The number of hydrogen-bond acceptors (Lipinski definition) is 3. The molecule has 0 fully saturated rings. The molecule has 2 aromatic heterocycles. The minimum absolute atomic E-state index is 0.234. The summed E-state index contributed by atoms with van der Waals surface area (Å²) in [6, 6.07) is 13.3. The maximum absolute atomic E-state index is 12.5. The van der Waals surface area contributed by atoms with Crippen LogP contribution in [0.2, 0.25) is 0 Å². The first kappa shape index (κ1) is 16.3. The van der Waals surface area contributed by atoms with Crippen molar-refractivity contribution in [1.29, 1.82) is 0 Å². The van der Waals surface area contributed by atoms with Crippen molar-refractivity contribution in [3.8, 4) is 17.1 Å². The first-order chi connectivity index (χ1) is 11.5. The lowest BCUT2D eigenvalue weighted by molar-refractivity contribution is 0.0958. The van der Waals surface area contributed by atoms with E-state index in [9.17, 15) is 4.79 Å². The predicted molar refractivity (Wildman–Crippen MR) is 96.4 cm³/mol. The standard InChI is InChI=1S/C18H16BrN3O2/c1-12(19)10-20-18(23)15-11-22(14-6-4-3-5-7-14)21-17(15)16-9-8-13(2)24-16/h3-9,11H,1,10H2,2H3,(H,20,23). The largest absolute Gasteiger partial charge is 0.460 e. The molecule has 0 aliphatic rings. The quantitative estimate of drug-likeness (QED) is 0.719. The molecule has 6 heteroatoms. The molecule has 0 atom stereocenters. The van der Waals surface area contributed by atoms with Crippen molar-refractivity contribution in [3.63, 3.8) is 0 Å². The average Bonchev–Trinajstić information content (AvgIpc) is 3.19. The zero-order valence-corrected chi connectivity index (χ0v) is 14.7. The van der Waals surface area contributed by atoms with E-state index in [1.165, 1.54) is 0 Å². The molecule has 5 nitrogen and oxygen atoms in total. The molecule has 24 heavy (non-hydrogen) atoms. The van der Waals surface area contributed by atoms with Crippen molar-refractivity contribution in [2.24, 2.45) is 0 Å². The van der Waals surface area contributed by atoms with Crippen LogP contribution >= 0.6 is 15.9 Å². The second-order valence-electron chi connectivity index (χ2n) is 5.28. The number of para-hydroxylation sites is 1. The zero-order chi connectivity index (χ0) is 17.1. The number of aryl methyl sites for hydroxylation is 1. The highest BCUT2D eigenvalue weighted by molar-refractivity contribution is 9.11. The molecule has 0 radical (unpaired) electrons. The van der Waals surface area contributed by atoms with E-state index in [2.05, 4.69) is 32.9 Å². The Morgan fingerprint density at radius 1 is 1.29 bits per heavy atom. The molecule has 0 aliphatic carbocycles. The Morgan fingerprint density at radius 2 is 2.04 bits per heavy atom. The van der Waals surface area contributed by atoms with Crippen LogP contribution in [-0.2, 0) is 0 Å². The highest BCUT2D eigenvalue weighted by Gasteiger charge is 2.20. The van der Waals surface area contributed by atoms with Crippen LogP contribution < -0.4 is 5.32 Å². The number of benzene rings is 1. The number of carbonyl (C=O) groups excluding carboxylic acids is 1. The van der Waals surface area contributed by atoms with Crippen LogP contribution in [0.25, 0.3) is 17.1 Å². The van der Waals surface area contributed by atoms with Gasteiger partial charge in [0.05, 0.1) is 11.3 Å². The fourth-order valence-electron chi connectivity index (χ4n) is 2.27. The molecule has 0 unspecified atom stereocenters. The first-order valence-electron chi connectivity index (χ1n) is 7.38. The minimum Gasteiger partial charge on any atom is -0.460 e. The van der Waals surface area contributed by atoms with Crippen LogP contribution in [-0.4, -0.2) is 22.2 Å². The SMILES string of the molecule is C=C(Br)CNC(=O)c1cn(-c2ccccc2)nc1-c1ccc(C)o1. The topological polar surface area (TPSA) is 60.1 Å². The Bertz CT molecular complexity index is 881. The van der Waals surface area contributed by atoms with Gasteiger partial charge in [0.2, 0.25) is 0 Å². The number of carbonyl (C=O) groups is 1. The number of halogens is 1. The number of hydrogen-bond donors (Lipinski definition) is 1. The Labute approximate surface area is 148 Å². The highest BCUT2D eigenvalue weighted by Crippen LogP contribution is 2.25. The van der Waals surface area contributed by atoms with Gasteiger partial charge in [-0.1, -0.05) is 40.7 Å². The molecule has 0 saturated heterocycles. The van der Waals surface area contributed by atoms with E-state index in [1.807, 2.05) is 49.4 Å². The number of rotatable bonds is 5. The normalized spacial score (nSPS) is 10.6. The molecule has 1 N–H and O–H groups in total. The molecule has 0 saturated carbocycles. The fraction of sp³-hybridized carbons (Fsp3) is 0.111. The summed E-state index contributed by atoms with van der Waals surface area (Å²) >= 11 is 3.24. The van der Waals surface area contributed by atoms with Gasteiger partial charge in [-0.15, -0.1) is 0 Å². The molecule has 2 heterocycles. The Hall–Kier alpha value is -2.60. The van der Waals surface area contributed by atoms with Crippen molar-refractivity contribution in [2.45, 2.75) is 6.92 Å². The predicted octanol–water partition coefficient (Wildman–Crippen LogP) is 4.08. The molecule has 0 aliphatic heterocycles. The van der Waals surface area contributed by atoms with Crippen LogP contribution in [0.1, 0.15) is 16.1 Å². The molecular weight excluding hydrogens is 370 g/mol. The summed E-state index contributed by atoms with van der Waals surface area (Å²) in [4.78, 5) is 12.5. The molecule has 1 aromatic carbocycles. The summed E-state index contributed by atoms with van der Waals surface area (Å²) in [6.45, 7) is 5.91. The Kier molecular flexibility index (Phi) is 4.66. The van der Waals surface area contributed by atoms with Crippen molar-refractivity contribution in [2.75, 3.05) is 6.54 Å². The molecule has 0 spiro atoms. The monoisotopic (exact) mass is 385 g/mol. The summed E-state index contributed by atoms with van der Waals surface area (Å²) < 4.78 is 8.02. The number of furan rings is 1. The zero-order valence-electron chi connectivity index (χ0n) is 13.1. The van der Waals surface area contributed by atoms with E-state index < -0.39 is 0 Å². The van der Waals surface area contributed by atoms with Gasteiger partial charge in [0, 0.05) is 17.2 Å². The lowest BCUT2D eigenvalue weighted by Crippen LogP contribution is -2.24. The Morgan fingerprint density at radius 3 is 2.67 bits per heavy atom. The van der Waals surface area contributed by atoms with E-state index >= 15 is 0 Å². The van der Waals surface area contributed by atoms with E-state index in [-0.39, 0.29) is 5.91 Å². The van der Waals surface area contributed by atoms with Crippen LogP contribution in [0.15, 0.2) is 64.1 Å². The maximum Gasteiger partial charge on any atom is 0.255 e. The van der Waals surface area contributed by atoms with E-state index in [0.29, 0.717) is 28.0 Å². The van der Waals surface area contributed by atoms with Crippen LogP contribution in [0.4, 0.5) is 0 Å². The summed E-state index contributed by atoms with van der Waals surface area (Å²) in [5.41, 5.74) is 1.82. The third kappa shape index (κ3) is 3.49. The molecular formula is C18H16BrN3O2. The molecule has 1 amide bonds. The van der Waals surface area contributed by atoms with E-state index in [1.54, 1.807) is 10.9 Å². The van der Waals surface area contributed by atoms with Gasteiger partial charge < -0.3 is 9.73 Å². The van der Waals surface area contributed by atoms with Gasteiger partial charge in [0.25, 0.3) is 5.91 Å². The van der Waals surface area contributed by atoms with Crippen molar-refractivity contribution in [1.82, 2.24) is 15.1 Å². The smallest absolute Gasteiger partial charge is 0.255 e. The third-order valence-electron chi connectivity index (χ3n) is 3.39. The number of nitrogens with zero attached hydrogens (tertiary/aromatic N) is 2. The average molecular weight is 386 g/mol. The molecule has 0 bridgehead atoms. The van der Waals surface area contributed by atoms with Gasteiger partial charge in [-0.2, -0.15) is 5.10 Å². The molecule has 3 rings (SSSR count). The van der Waals surface area contributed by atoms with E-state index in [0.717, 1.165) is 11.4 Å². The summed E-state index contributed by atoms with van der Waals surface area (Å²) in [7, 11) is 0. The van der Waals surface area contributed by atoms with Gasteiger partial charge in [0.15, 0.2) is 5.76 Å². The van der Waals surface area contributed by atoms with Crippen molar-refractivity contribution in [3.05, 3.63) is 71.0 Å². The molecule has 3 aromatic rings. The number of aromatic nitrogens is 2. The van der Waals surface area contributed by atoms with Gasteiger partial charge in [-0.25, -0.2) is 4.68 Å². The maximum atomic E-state index is 12.5. The van der Waals surface area contributed by atoms with Crippen LogP contribution in [0.3, 0.4) is 0 Å². The Balaban J connectivity index is 2.03. The summed E-state index contributed by atoms with van der Waals surface area (Å²) in [6.07, 6.45) is 1.70. The summed E-state index contributed by atoms with van der Waals surface area (Å²) in [5, 5.41) is 7.34. The third-order valence-corrected chi connectivity index (χ3v) is 3.67. The van der Waals surface area contributed by atoms with Gasteiger partial charge in [0.1, 0.15) is 11.5 Å². The summed E-state index contributed by atoms with van der Waals surface area (Å²) in [5.74, 6) is 1.09. The van der Waals surface area contributed by atoms with Crippen molar-refractivity contribution >= 4 is 21.8 Å². The lowest BCUT2D eigenvalue weighted by atomic mass is 10.2. The van der Waals surface area contributed by atoms with E-state index in [4.69, 9.17) is 4.42 Å². The van der Waals surface area contributed by atoms with Gasteiger partial charge in [-0.3, -0.25) is 4.79 Å².